The Morgan fingerprint density at radius 1 is 1.53 bits per heavy atom. The summed E-state index contributed by atoms with van der Waals surface area (Å²) in [5.74, 6) is -0.224. The molecule has 0 aliphatic carbocycles. The molecular weight excluding hydrogens is 247 g/mol. The predicted octanol–water partition coefficient (Wildman–Crippen LogP) is 1.13. The van der Waals surface area contributed by atoms with Crippen molar-refractivity contribution in [1.29, 1.82) is 0 Å². The molecule has 106 valence electrons. The van der Waals surface area contributed by atoms with Crippen LogP contribution < -0.4 is 10.2 Å². The number of morpholine rings is 1. The van der Waals surface area contributed by atoms with Crippen LogP contribution in [0.25, 0.3) is 0 Å². The maximum atomic E-state index is 14.2. The van der Waals surface area contributed by atoms with Crippen LogP contribution in [0, 0.1) is 5.82 Å². The summed E-state index contributed by atoms with van der Waals surface area (Å²) in [5.41, 5.74) is 1.54. The molecule has 0 saturated carbocycles. The first-order valence-electron chi connectivity index (χ1n) is 6.58. The molecule has 0 aromatic heterocycles. The SMILES string of the molecule is CNCc1cccc(F)c1N1CC(CO)OCC1C. The number of para-hydroxylation sites is 1. The number of rotatable bonds is 4. The first-order chi connectivity index (χ1) is 9.17. The number of aliphatic hydroxyl groups is 1. The molecule has 2 atom stereocenters. The summed E-state index contributed by atoms with van der Waals surface area (Å²) in [6.45, 7) is 3.58. The minimum absolute atomic E-state index is 0.0426. The van der Waals surface area contributed by atoms with Crippen LogP contribution in [0.15, 0.2) is 18.2 Å². The highest BCUT2D eigenvalue weighted by atomic mass is 19.1. The highest BCUT2D eigenvalue weighted by molar-refractivity contribution is 5.56. The van der Waals surface area contributed by atoms with Gasteiger partial charge in [0.1, 0.15) is 5.82 Å². The quantitative estimate of drug-likeness (QED) is 0.859. The second-order valence-corrected chi connectivity index (χ2v) is 4.92. The third-order valence-electron chi connectivity index (χ3n) is 3.43. The first kappa shape index (κ1) is 14.2. The van der Waals surface area contributed by atoms with E-state index in [1.54, 1.807) is 6.07 Å². The van der Waals surface area contributed by atoms with E-state index in [1.807, 2.05) is 24.9 Å². The van der Waals surface area contributed by atoms with Gasteiger partial charge >= 0.3 is 0 Å². The van der Waals surface area contributed by atoms with Gasteiger partial charge in [0.25, 0.3) is 0 Å². The maximum Gasteiger partial charge on any atom is 0.146 e. The molecule has 1 fully saturated rings. The van der Waals surface area contributed by atoms with E-state index in [2.05, 4.69) is 5.32 Å². The van der Waals surface area contributed by atoms with Gasteiger partial charge < -0.3 is 20.1 Å². The van der Waals surface area contributed by atoms with Gasteiger partial charge in [-0.3, -0.25) is 0 Å². The summed E-state index contributed by atoms with van der Waals surface area (Å²) < 4.78 is 19.7. The van der Waals surface area contributed by atoms with Crippen LogP contribution in [0.3, 0.4) is 0 Å². The Balaban J connectivity index is 2.32. The predicted molar refractivity (Wildman–Crippen MR) is 72.8 cm³/mol. The summed E-state index contributed by atoms with van der Waals surface area (Å²) in [6.07, 6.45) is -0.252. The average molecular weight is 268 g/mol. The highest BCUT2D eigenvalue weighted by Gasteiger charge is 2.28. The molecule has 0 bridgehead atoms. The van der Waals surface area contributed by atoms with Crippen molar-refractivity contribution >= 4 is 5.69 Å². The number of hydrogen-bond acceptors (Lipinski definition) is 4. The lowest BCUT2D eigenvalue weighted by Gasteiger charge is -2.40. The van der Waals surface area contributed by atoms with E-state index in [4.69, 9.17) is 4.74 Å². The second kappa shape index (κ2) is 6.32. The van der Waals surface area contributed by atoms with Gasteiger partial charge in [-0.2, -0.15) is 0 Å². The van der Waals surface area contributed by atoms with Crippen molar-refractivity contribution in [2.24, 2.45) is 0 Å². The molecule has 5 heteroatoms. The Kier molecular flexibility index (Phi) is 4.74. The lowest BCUT2D eigenvalue weighted by atomic mass is 10.1. The van der Waals surface area contributed by atoms with E-state index in [0.29, 0.717) is 25.4 Å². The zero-order chi connectivity index (χ0) is 13.8. The largest absolute Gasteiger partial charge is 0.394 e. The summed E-state index contributed by atoms with van der Waals surface area (Å²) in [6, 6.07) is 5.21. The van der Waals surface area contributed by atoms with Crippen LogP contribution in [0.5, 0.6) is 0 Å². The number of aliphatic hydroxyl groups excluding tert-OH is 1. The molecule has 1 heterocycles. The van der Waals surface area contributed by atoms with E-state index in [0.717, 1.165) is 5.56 Å². The standard InChI is InChI=1S/C14H21FN2O2/c1-10-9-19-12(8-18)7-17(10)14-11(6-16-2)4-3-5-13(14)15/h3-5,10,12,16,18H,6-9H2,1-2H3. The zero-order valence-corrected chi connectivity index (χ0v) is 11.4. The van der Waals surface area contributed by atoms with E-state index in [1.165, 1.54) is 6.07 Å². The monoisotopic (exact) mass is 268 g/mol. The molecule has 0 spiro atoms. The minimum atomic E-state index is -0.252. The Morgan fingerprint density at radius 3 is 3.00 bits per heavy atom. The number of nitrogens with zero attached hydrogens (tertiary/aromatic N) is 1. The molecule has 2 unspecified atom stereocenters. The molecule has 1 saturated heterocycles. The average Bonchev–Trinajstić information content (AvgIpc) is 2.41. The van der Waals surface area contributed by atoms with Crippen molar-refractivity contribution in [3.05, 3.63) is 29.6 Å². The van der Waals surface area contributed by atoms with Crippen molar-refractivity contribution < 1.29 is 14.2 Å². The highest BCUT2D eigenvalue weighted by Crippen LogP contribution is 2.28. The molecule has 1 aliphatic rings. The topological polar surface area (TPSA) is 44.7 Å². The summed E-state index contributed by atoms with van der Waals surface area (Å²) >= 11 is 0. The van der Waals surface area contributed by atoms with Gasteiger partial charge in [0, 0.05) is 19.1 Å². The third-order valence-corrected chi connectivity index (χ3v) is 3.43. The molecule has 1 aromatic carbocycles. The smallest absolute Gasteiger partial charge is 0.146 e. The molecule has 2 rings (SSSR count). The van der Waals surface area contributed by atoms with Crippen LogP contribution in [-0.2, 0) is 11.3 Å². The fourth-order valence-electron chi connectivity index (χ4n) is 2.45. The number of halogens is 1. The lowest BCUT2D eigenvalue weighted by molar-refractivity contribution is -0.0105. The Morgan fingerprint density at radius 2 is 2.32 bits per heavy atom. The van der Waals surface area contributed by atoms with Crippen molar-refractivity contribution in [1.82, 2.24) is 5.32 Å². The van der Waals surface area contributed by atoms with Gasteiger partial charge in [0.05, 0.1) is 25.0 Å². The summed E-state index contributed by atoms with van der Waals surface area (Å²) in [5, 5.41) is 12.3. The molecule has 0 radical (unpaired) electrons. The molecule has 0 amide bonds. The Labute approximate surface area is 113 Å². The molecule has 1 aliphatic heterocycles. The zero-order valence-electron chi connectivity index (χ0n) is 11.4. The number of benzene rings is 1. The molecular formula is C14H21FN2O2. The van der Waals surface area contributed by atoms with Crippen LogP contribution in [-0.4, -0.2) is 44.1 Å². The van der Waals surface area contributed by atoms with Gasteiger partial charge in [-0.25, -0.2) is 4.39 Å². The minimum Gasteiger partial charge on any atom is -0.394 e. The first-order valence-corrected chi connectivity index (χ1v) is 6.58. The fourth-order valence-corrected chi connectivity index (χ4v) is 2.45. The Hall–Kier alpha value is -1.17. The summed E-state index contributed by atoms with van der Waals surface area (Å²) in [7, 11) is 1.84. The van der Waals surface area contributed by atoms with E-state index in [-0.39, 0.29) is 24.6 Å². The normalized spacial score (nSPS) is 23.7. The van der Waals surface area contributed by atoms with Crippen molar-refractivity contribution in [2.75, 3.05) is 31.7 Å². The van der Waals surface area contributed by atoms with Crippen molar-refractivity contribution in [2.45, 2.75) is 25.6 Å². The van der Waals surface area contributed by atoms with E-state index >= 15 is 0 Å². The number of nitrogens with one attached hydrogen (secondary N) is 1. The van der Waals surface area contributed by atoms with E-state index < -0.39 is 0 Å². The third kappa shape index (κ3) is 3.05. The molecule has 19 heavy (non-hydrogen) atoms. The van der Waals surface area contributed by atoms with Gasteiger partial charge in [0.15, 0.2) is 0 Å². The van der Waals surface area contributed by atoms with Gasteiger partial charge in [-0.1, -0.05) is 12.1 Å². The van der Waals surface area contributed by atoms with Gasteiger partial charge in [-0.15, -0.1) is 0 Å². The summed E-state index contributed by atoms with van der Waals surface area (Å²) in [4.78, 5) is 1.99. The number of ether oxygens (including phenoxy) is 1. The lowest BCUT2D eigenvalue weighted by Crippen LogP contribution is -2.50. The van der Waals surface area contributed by atoms with Crippen molar-refractivity contribution in [3.8, 4) is 0 Å². The van der Waals surface area contributed by atoms with Crippen molar-refractivity contribution in [3.63, 3.8) is 0 Å². The molecule has 1 aromatic rings. The van der Waals surface area contributed by atoms with Crippen LogP contribution >= 0.6 is 0 Å². The Bertz CT molecular complexity index is 428. The molecule has 2 N–H and O–H groups in total. The second-order valence-electron chi connectivity index (χ2n) is 4.92. The fraction of sp³-hybridized carbons (Fsp3) is 0.571. The van der Waals surface area contributed by atoms with Crippen LogP contribution in [0.4, 0.5) is 10.1 Å². The van der Waals surface area contributed by atoms with Crippen LogP contribution in [0.2, 0.25) is 0 Å². The maximum absolute atomic E-state index is 14.2. The number of anilines is 1. The molecule has 4 nitrogen and oxygen atoms in total. The number of hydrogen-bond donors (Lipinski definition) is 2. The van der Waals surface area contributed by atoms with Crippen LogP contribution in [0.1, 0.15) is 12.5 Å². The van der Waals surface area contributed by atoms with Gasteiger partial charge in [-0.05, 0) is 25.6 Å². The van der Waals surface area contributed by atoms with Gasteiger partial charge in [0.2, 0.25) is 0 Å². The van der Waals surface area contributed by atoms with E-state index in [9.17, 15) is 9.50 Å².